The monoisotopic (exact) mass is 213 g/mol. The Kier molecular flexibility index (Phi) is 3.95. The van der Waals surface area contributed by atoms with Gasteiger partial charge in [-0.3, -0.25) is 0 Å². The molecular formula is C8H11N3O4. The highest BCUT2D eigenvalue weighted by Gasteiger charge is 2.16. The van der Waals surface area contributed by atoms with Crippen molar-refractivity contribution in [3.63, 3.8) is 0 Å². The van der Waals surface area contributed by atoms with E-state index in [-0.39, 0.29) is 24.7 Å². The van der Waals surface area contributed by atoms with Gasteiger partial charge in [0.2, 0.25) is 0 Å². The molecular weight excluding hydrogens is 202 g/mol. The molecule has 0 spiro atoms. The van der Waals surface area contributed by atoms with Crippen molar-refractivity contribution in [1.82, 2.24) is 4.98 Å². The van der Waals surface area contributed by atoms with Gasteiger partial charge in [-0.25, -0.2) is 0 Å². The molecule has 1 aromatic heterocycles. The van der Waals surface area contributed by atoms with Crippen LogP contribution in [0.1, 0.15) is 0 Å². The molecule has 0 radical (unpaired) electrons. The van der Waals surface area contributed by atoms with Crippen LogP contribution in [0.3, 0.4) is 0 Å². The molecule has 0 bridgehead atoms. The van der Waals surface area contributed by atoms with Gasteiger partial charge in [0.25, 0.3) is 0 Å². The van der Waals surface area contributed by atoms with E-state index in [1.54, 1.807) is 0 Å². The van der Waals surface area contributed by atoms with Crippen molar-refractivity contribution in [3.8, 4) is 0 Å². The van der Waals surface area contributed by atoms with Crippen LogP contribution in [-0.4, -0.2) is 39.4 Å². The molecule has 0 aromatic carbocycles. The number of hydrogen-bond acceptors (Lipinski definition) is 6. The molecule has 0 unspecified atom stereocenters. The molecule has 1 heterocycles. The standard InChI is InChI=1S/C8H11N3O4/c12-4-6(5-13)10-7-2-1-3-9-8(7)11(14)15/h1-3,6,10,12-13H,4-5H2. The average molecular weight is 213 g/mol. The maximum Gasteiger partial charge on any atom is 0.386 e. The van der Waals surface area contributed by atoms with Gasteiger partial charge in [0.15, 0.2) is 0 Å². The van der Waals surface area contributed by atoms with Gasteiger partial charge in [0.1, 0.15) is 11.9 Å². The molecule has 7 nitrogen and oxygen atoms in total. The topological polar surface area (TPSA) is 109 Å². The number of rotatable bonds is 5. The summed E-state index contributed by atoms with van der Waals surface area (Å²) in [6.45, 7) is -0.634. The third kappa shape index (κ3) is 2.86. The van der Waals surface area contributed by atoms with Crippen molar-refractivity contribution < 1.29 is 15.1 Å². The first-order valence-electron chi connectivity index (χ1n) is 4.26. The fourth-order valence-corrected chi connectivity index (χ4v) is 1.02. The van der Waals surface area contributed by atoms with Crippen LogP contribution in [0.4, 0.5) is 11.5 Å². The first-order valence-corrected chi connectivity index (χ1v) is 4.26. The summed E-state index contributed by atoms with van der Waals surface area (Å²) < 4.78 is 0. The molecule has 3 N–H and O–H groups in total. The van der Waals surface area contributed by atoms with Crippen LogP contribution in [0.5, 0.6) is 0 Å². The van der Waals surface area contributed by atoms with E-state index < -0.39 is 11.0 Å². The second-order valence-electron chi connectivity index (χ2n) is 2.84. The van der Waals surface area contributed by atoms with Crippen LogP contribution in [0, 0.1) is 10.1 Å². The Morgan fingerprint density at radius 3 is 2.73 bits per heavy atom. The molecule has 0 aliphatic rings. The molecule has 0 saturated carbocycles. The Balaban J connectivity index is 2.88. The minimum Gasteiger partial charge on any atom is -0.394 e. The summed E-state index contributed by atoms with van der Waals surface area (Å²) in [5, 5.41) is 30.8. The van der Waals surface area contributed by atoms with E-state index in [1.165, 1.54) is 18.3 Å². The van der Waals surface area contributed by atoms with Crippen LogP contribution < -0.4 is 5.32 Å². The van der Waals surface area contributed by atoms with Crippen LogP contribution in [-0.2, 0) is 0 Å². The molecule has 7 heteroatoms. The van der Waals surface area contributed by atoms with Crippen LogP contribution >= 0.6 is 0 Å². The highest BCUT2D eigenvalue weighted by molar-refractivity contribution is 5.57. The van der Waals surface area contributed by atoms with Crippen LogP contribution in [0.2, 0.25) is 0 Å². The number of nitrogens with one attached hydrogen (secondary N) is 1. The zero-order valence-electron chi connectivity index (χ0n) is 7.83. The predicted octanol–water partition coefficient (Wildman–Crippen LogP) is -0.245. The summed E-state index contributed by atoms with van der Waals surface area (Å²) in [6.07, 6.45) is 1.30. The van der Waals surface area contributed by atoms with E-state index in [0.29, 0.717) is 0 Å². The third-order valence-corrected chi connectivity index (χ3v) is 1.76. The zero-order valence-corrected chi connectivity index (χ0v) is 7.83. The van der Waals surface area contributed by atoms with Crippen molar-refractivity contribution in [3.05, 3.63) is 28.4 Å². The second-order valence-corrected chi connectivity index (χ2v) is 2.84. The lowest BCUT2D eigenvalue weighted by Crippen LogP contribution is -2.28. The van der Waals surface area contributed by atoms with E-state index in [4.69, 9.17) is 10.2 Å². The molecule has 15 heavy (non-hydrogen) atoms. The van der Waals surface area contributed by atoms with Gasteiger partial charge in [0, 0.05) is 0 Å². The number of nitro groups is 1. The number of aromatic nitrogens is 1. The maximum atomic E-state index is 10.6. The maximum absolute atomic E-state index is 10.6. The quantitative estimate of drug-likeness (QED) is 0.460. The van der Waals surface area contributed by atoms with E-state index in [1.807, 2.05) is 0 Å². The van der Waals surface area contributed by atoms with Gasteiger partial charge in [0.05, 0.1) is 19.3 Å². The molecule has 82 valence electrons. The number of aliphatic hydroxyl groups is 2. The molecule has 0 amide bonds. The SMILES string of the molecule is O=[N+]([O-])c1ncccc1NC(CO)CO. The molecule has 0 aliphatic carbocycles. The lowest BCUT2D eigenvalue weighted by molar-refractivity contribution is -0.388. The molecule has 1 aromatic rings. The van der Waals surface area contributed by atoms with E-state index in [2.05, 4.69) is 10.3 Å². The second kappa shape index (κ2) is 5.23. The van der Waals surface area contributed by atoms with Gasteiger partial charge < -0.3 is 25.6 Å². The largest absolute Gasteiger partial charge is 0.394 e. The number of nitrogens with zero attached hydrogens (tertiary/aromatic N) is 2. The molecule has 0 atom stereocenters. The third-order valence-electron chi connectivity index (χ3n) is 1.76. The number of aliphatic hydroxyl groups excluding tert-OH is 2. The van der Waals surface area contributed by atoms with Gasteiger partial charge in [-0.2, -0.15) is 0 Å². The Hall–Kier alpha value is -1.73. The first-order chi connectivity index (χ1) is 7.19. The Morgan fingerprint density at radius 1 is 1.53 bits per heavy atom. The van der Waals surface area contributed by atoms with Crippen molar-refractivity contribution in [2.24, 2.45) is 0 Å². The Labute approximate surface area is 85.5 Å². The van der Waals surface area contributed by atoms with E-state index in [0.717, 1.165) is 0 Å². The first kappa shape index (κ1) is 11.3. The summed E-state index contributed by atoms with van der Waals surface area (Å²) in [6, 6.07) is 2.36. The van der Waals surface area contributed by atoms with Gasteiger partial charge in [-0.1, -0.05) is 0 Å². The summed E-state index contributed by atoms with van der Waals surface area (Å²) in [7, 11) is 0. The number of pyridine rings is 1. The molecule has 0 aliphatic heterocycles. The minimum absolute atomic E-state index is 0.176. The van der Waals surface area contributed by atoms with Crippen molar-refractivity contribution in [1.29, 1.82) is 0 Å². The van der Waals surface area contributed by atoms with Gasteiger partial charge >= 0.3 is 5.82 Å². The highest BCUT2D eigenvalue weighted by atomic mass is 16.6. The van der Waals surface area contributed by atoms with Crippen molar-refractivity contribution in [2.75, 3.05) is 18.5 Å². The van der Waals surface area contributed by atoms with E-state index in [9.17, 15) is 10.1 Å². The van der Waals surface area contributed by atoms with Gasteiger partial charge in [-0.05, 0) is 22.0 Å². The number of anilines is 1. The molecule has 0 saturated heterocycles. The summed E-state index contributed by atoms with van der Waals surface area (Å²) in [4.78, 5) is 13.5. The lowest BCUT2D eigenvalue weighted by Gasteiger charge is -2.13. The average Bonchev–Trinajstić information content (AvgIpc) is 2.26. The fraction of sp³-hybridized carbons (Fsp3) is 0.375. The summed E-state index contributed by atoms with van der Waals surface area (Å²) in [5.41, 5.74) is 0.176. The smallest absolute Gasteiger partial charge is 0.386 e. The molecule has 0 fully saturated rings. The molecule has 1 rings (SSSR count). The van der Waals surface area contributed by atoms with Gasteiger partial charge in [-0.15, -0.1) is 0 Å². The van der Waals surface area contributed by atoms with Crippen LogP contribution in [0.15, 0.2) is 18.3 Å². The van der Waals surface area contributed by atoms with Crippen molar-refractivity contribution in [2.45, 2.75) is 6.04 Å². The summed E-state index contributed by atoms with van der Waals surface area (Å²) >= 11 is 0. The minimum atomic E-state index is -0.632. The predicted molar refractivity (Wildman–Crippen MR) is 52.5 cm³/mol. The fourth-order valence-electron chi connectivity index (χ4n) is 1.02. The number of hydrogen-bond donors (Lipinski definition) is 3. The van der Waals surface area contributed by atoms with Crippen LogP contribution in [0.25, 0.3) is 0 Å². The van der Waals surface area contributed by atoms with E-state index >= 15 is 0 Å². The normalized spacial score (nSPS) is 10.3. The Morgan fingerprint density at radius 2 is 2.20 bits per heavy atom. The Bertz CT molecular complexity index is 340. The lowest BCUT2D eigenvalue weighted by atomic mass is 10.3. The summed E-state index contributed by atoms with van der Waals surface area (Å²) in [5.74, 6) is -0.329. The van der Waals surface area contributed by atoms with Crippen molar-refractivity contribution >= 4 is 11.5 Å². The highest BCUT2D eigenvalue weighted by Crippen LogP contribution is 2.20. The zero-order chi connectivity index (χ0) is 11.3.